The summed E-state index contributed by atoms with van der Waals surface area (Å²) in [5.74, 6) is 0.815. The molecule has 0 aliphatic carbocycles. The quantitative estimate of drug-likeness (QED) is 0.764. The van der Waals surface area contributed by atoms with Crippen LogP contribution in [-0.4, -0.2) is 75.5 Å². The van der Waals surface area contributed by atoms with Crippen LogP contribution in [0.1, 0.15) is 0 Å². The van der Waals surface area contributed by atoms with E-state index in [1.54, 1.807) is 12.1 Å². The number of hydrogen-bond acceptors (Lipinski definition) is 8. The van der Waals surface area contributed by atoms with Crippen molar-refractivity contribution in [1.82, 2.24) is 14.5 Å². The lowest BCUT2D eigenvalue weighted by atomic mass is 10.3. The first-order valence-electron chi connectivity index (χ1n) is 8.49. The van der Waals surface area contributed by atoms with Gasteiger partial charge in [-0.15, -0.1) is 21.5 Å². The highest BCUT2D eigenvalue weighted by atomic mass is 32.2. The number of hydrogen-bond donors (Lipinski definition) is 0. The minimum atomic E-state index is -3.47. The van der Waals surface area contributed by atoms with Crippen molar-refractivity contribution in [2.45, 2.75) is 4.21 Å². The first-order valence-corrected chi connectivity index (χ1v) is 10.7. The molecule has 2 fully saturated rings. The molecule has 2 aromatic heterocycles. The van der Waals surface area contributed by atoms with Crippen LogP contribution in [0, 0.1) is 0 Å². The van der Waals surface area contributed by atoms with Crippen molar-refractivity contribution in [1.29, 1.82) is 0 Å². The number of thiophene rings is 1. The number of ether oxygens (including phenoxy) is 2. The van der Waals surface area contributed by atoms with E-state index < -0.39 is 10.0 Å². The van der Waals surface area contributed by atoms with Gasteiger partial charge in [-0.25, -0.2) is 8.42 Å². The molecule has 140 valence electrons. The van der Waals surface area contributed by atoms with Gasteiger partial charge in [0.15, 0.2) is 5.82 Å². The maximum absolute atomic E-state index is 12.7. The second-order valence-corrected chi connectivity index (χ2v) is 9.26. The fourth-order valence-electron chi connectivity index (χ4n) is 2.93. The Bertz CT molecular complexity index is 841. The van der Waals surface area contributed by atoms with Crippen LogP contribution in [0.25, 0.3) is 10.6 Å². The lowest BCUT2D eigenvalue weighted by molar-refractivity contribution is 0.0731. The summed E-state index contributed by atoms with van der Waals surface area (Å²) in [4.78, 5) is 2.92. The summed E-state index contributed by atoms with van der Waals surface area (Å²) in [6, 6.07) is 7.23. The van der Waals surface area contributed by atoms with Gasteiger partial charge in [0.2, 0.25) is 0 Å². The molecule has 0 saturated carbocycles. The van der Waals surface area contributed by atoms with Gasteiger partial charge in [-0.1, -0.05) is 0 Å². The van der Waals surface area contributed by atoms with E-state index in [0.717, 1.165) is 23.8 Å². The van der Waals surface area contributed by atoms with E-state index >= 15 is 0 Å². The van der Waals surface area contributed by atoms with Gasteiger partial charge in [0.1, 0.15) is 9.90 Å². The van der Waals surface area contributed by atoms with Crippen molar-refractivity contribution in [2.24, 2.45) is 0 Å². The molecule has 2 aliphatic rings. The van der Waals surface area contributed by atoms with Gasteiger partial charge in [-0.05, 0) is 24.3 Å². The largest absolute Gasteiger partial charge is 0.379 e. The second kappa shape index (κ2) is 7.57. The third kappa shape index (κ3) is 3.60. The van der Waals surface area contributed by atoms with E-state index in [1.807, 2.05) is 12.1 Å². The van der Waals surface area contributed by atoms with Crippen molar-refractivity contribution < 1.29 is 17.9 Å². The molecule has 2 aromatic rings. The zero-order valence-electron chi connectivity index (χ0n) is 14.2. The third-order valence-corrected chi connectivity index (χ3v) is 7.86. The number of rotatable bonds is 4. The summed E-state index contributed by atoms with van der Waals surface area (Å²) >= 11 is 1.22. The zero-order chi connectivity index (χ0) is 18.0. The Morgan fingerprint density at radius 2 is 1.58 bits per heavy atom. The van der Waals surface area contributed by atoms with Crippen LogP contribution in [0.5, 0.6) is 0 Å². The topological polar surface area (TPSA) is 84.9 Å². The Balaban J connectivity index is 1.52. The number of morpholine rings is 2. The zero-order valence-corrected chi connectivity index (χ0v) is 15.8. The van der Waals surface area contributed by atoms with E-state index in [1.165, 1.54) is 15.6 Å². The molecule has 0 amide bonds. The summed E-state index contributed by atoms with van der Waals surface area (Å²) in [5.41, 5.74) is 0.676. The average molecular weight is 396 g/mol. The monoisotopic (exact) mass is 396 g/mol. The number of anilines is 1. The van der Waals surface area contributed by atoms with Gasteiger partial charge in [-0.3, -0.25) is 0 Å². The Morgan fingerprint density at radius 1 is 0.885 bits per heavy atom. The molecule has 4 rings (SSSR count). The molecule has 0 atom stereocenters. The SMILES string of the molecule is O=S(=O)(c1ccc(-c2ccc(N3CCOCC3)nn2)s1)N1CCOCC1. The molecule has 26 heavy (non-hydrogen) atoms. The molecule has 10 heteroatoms. The van der Waals surface area contributed by atoms with Gasteiger partial charge >= 0.3 is 0 Å². The summed E-state index contributed by atoms with van der Waals surface area (Å²) in [6.07, 6.45) is 0. The highest BCUT2D eigenvalue weighted by Crippen LogP contribution is 2.31. The highest BCUT2D eigenvalue weighted by molar-refractivity contribution is 7.91. The molecule has 0 radical (unpaired) electrons. The molecule has 4 heterocycles. The maximum Gasteiger partial charge on any atom is 0.252 e. The lowest BCUT2D eigenvalue weighted by Gasteiger charge is -2.27. The van der Waals surface area contributed by atoms with Crippen LogP contribution in [-0.2, 0) is 19.5 Å². The van der Waals surface area contributed by atoms with Gasteiger partial charge in [0.05, 0.1) is 31.3 Å². The molecule has 0 N–H and O–H groups in total. The normalized spacial score (nSPS) is 19.6. The molecule has 8 nitrogen and oxygen atoms in total. The number of nitrogens with zero attached hydrogens (tertiary/aromatic N) is 4. The van der Waals surface area contributed by atoms with Crippen LogP contribution >= 0.6 is 11.3 Å². The molecular formula is C16H20N4O4S2. The molecule has 0 spiro atoms. The summed E-state index contributed by atoms with van der Waals surface area (Å²) in [6.45, 7) is 4.64. The van der Waals surface area contributed by atoms with Crippen molar-refractivity contribution >= 4 is 27.2 Å². The summed E-state index contributed by atoms with van der Waals surface area (Å²) in [5, 5.41) is 8.57. The van der Waals surface area contributed by atoms with E-state index in [9.17, 15) is 8.42 Å². The highest BCUT2D eigenvalue weighted by Gasteiger charge is 2.28. The van der Waals surface area contributed by atoms with Crippen LogP contribution in [0.2, 0.25) is 0 Å². The van der Waals surface area contributed by atoms with Crippen LogP contribution in [0.4, 0.5) is 5.82 Å². The predicted octanol–water partition coefficient (Wildman–Crippen LogP) is 1.06. The summed E-state index contributed by atoms with van der Waals surface area (Å²) < 4.78 is 37.8. The Morgan fingerprint density at radius 3 is 2.23 bits per heavy atom. The third-order valence-electron chi connectivity index (χ3n) is 4.38. The number of aromatic nitrogens is 2. The Kier molecular flexibility index (Phi) is 5.18. The van der Waals surface area contributed by atoms with Gasteiger partial charge in [-0.2, -0.15) is 4.31 Å². The van der Waals surface area contributed by atoms with E-state index in [4.69, 9.17) is 9.47 Å². The van der Waals surface area contributed by atoms with Crippen molar-refractivity contribution in [3.8, 4) is 10.6 Å². The maximum atomic E-state index is 12.7. The minimum Gasteiger partial charge on any atom is -0.379 e. The lowest BCUT2D eigenvalue weighted by Crippen LogP contribution is -2.40. The molecule has 0 bridgehead atoms. The van der Waals surface area contributed by atoms with Crippen molar-refractivity contribution in [2.75, 3.05) is 57.5 Å². The fraction of sp³-hybridized carbons (Fsp3) is 0.500. The van der Waals surface area contributed by atoms with Gasteiger partial charge < -0.3 is 14.4 Å². The van der Waals surface area contributed by atoms with Crippen molar-refractivity contribution in [3.05, 3.63) is 24.3 Å². The van der Waals surface area contributed by atoms with Crippen LogP contribution in [0.15, 0.2) is 28.5 Å². The molecule has 0 unspecified atom stereocenters. The molecule has 2 aliphatic heterocycles. The smallest absolute Gasteiger partial charge is 0.252 e. The molecule has 0 aromatic carbocycles. The first kappa shape index (κ1) is 17.8. The number of sulfonamides is 1. The summed E-state index contributed by atoms with van der Waals surface area (Å²) in [7, 11) is -3.47. The Hall–Kier alpha value is -1.59. The van der Waals surface area contributed by atoms with Crippen LogP contribution < -0.4 is 4.90 Å². The second-order valence-electron chi connectivity index (χ2n) is 6.01. The van der Waals surface area contributed by atoms with Gasteiger partial charge in [0, 0.05) is 26.2 Å². The van der Waals surface area contributed by atoms with E-state index in [2.05, 4.69) is 15.1 Å². The average Bonchev–Trinajstić information content (AvgIpc) is 3.21. The Labute approximate surface area is 156 Å². The molecular weight excluding hydrogens is 376 g/mol. The molecule has 2 saturated heterocycles. The minimum absolute atomic E-state index is 0.327. The standard InChI is InChI=1S/C16H20N4O4S2/c21-26(22,20-7-11-24-12-8-20)16-4-2-14(25-16)13-1-3-15(18-17-13)19-5-9-23-10-6-19/h1-4H,5-12H2. The fourth-order valence-corrected chi connectivity index (χ4v) is 5.76. The van der Waals surface area contributed by atoms with Crippen molar-refractivity contribution in [3.63, 3.8) is 0 Å². The van der Waals surface area contributed by atoms with E-state index in [0.29, 0.717) is 49.4 Å². The first-order chi connectivity index (χ1) is 12.6. The van der Waals surface area contributed by atoms with Crippen LogP contribution in [0.3, 0.4) is 0 Å². The van der Waals surface area contributed by atoms with E-state index in [-0.39, 0.29) is 0 Å². The predicted molar refractivity (Wildman–Crippen MR) is 98.0 cm³/mol. The van der Waals surface area contributed by atoms with Gasteiger partial charge in [0.25, 0.3) is 10.0 Å².